The van der Waals surface area contributed by atoms with E-state index >= 15 is 0 Å². The van der Waals surface area contributed by atoms with Crippen LogP contribution in [0.1, 0.15) is 12.5 Å². The fourth-order valence-corrected chi connectivity index (χ4v) is 2.89. The average molecular weight is 296 g/mol. The highest BCUT2D eigenvalue weighted by molar-refractivity contribution is 7.99. The summed E-state index contributed by atoms with van der Waals surface area (Å²) in [5, 5.41) is 1.15. The molecule has 100 valence electrons. The lowest BCUT2D eigenvalue weighted by molar-refractivity contribution is 0.729. The van der Waals surface area contributed by atoms with Crippen LogP contribution in [0.5, 0.6) is 0 Å². The van der Waals surface area contributed by atoms with Crippen molar-refractivity contribution in [3.63, 3.8) is 0 Å². The second-order valence-corrected chi connectivity index (χ2v) is 5.66. The predicted molar refractivity (Wildman–Crippen MR) is 77.8 cm³/mol. The molecule has 0 bridgehead atoms. The Morgan fingerprint density at radius 1 is 1.47 bits per heavy atom. The normalized spacial score (nSPS) is 12.4. The quantitative estimate of drug-likeness (QED) is 0.850. The minimum absolute atomic E-state index is 0.0422. The maximum atomic E-state index is 11.3. The Balaban J connectivity index is 2.35. The summed E-state index contributed by atoms with van der Waals surface area (Å²) in [6, 6.07) is 7.11. The van der Waals surface area contributed by atoms with Gasteiger partial charge in [0.15, 0.2) is 5.16 Å². The molecule has 0 fully saturated rings. The zero-order chi connectivity index (χ0) is 13.8. The van der Waals surface area contributed by atoms with Gasteiger partial charge >= 0.3 is 0 Å². The third-order valence-corrected chi connectivity index (χ3v) is 3.95. The first-order valence-corrected chi connectivity index (χ1v) is 7.02. The number of nitrogens with one attached hydrogen (secondary N) is 1. The van der Waals surface area contributed by atoms with E-state index in [1.807, 2.05) is 25.1 Å². The second kappa shape index (κ2) is 6.23. The Bertz CT molecular complexity index is 627. The highest BCUT2D eigenvalue weighted by atomic mass is 35.5. The molecule has 6 heteroatoms. The number of hydrogen-bond acceptors (Lipinski definition) is 4. The van der Waals surface area contributed by atoms with E-state index in [9.17, 15) is 4.79 Å². The van der Waals surface area contributed by atoms with Gasteiger partial charge in [-0.1, -0.05) is 23.7 Å². The smallest absolute Gasteiger partial charge is 0.251 e. The van der Waals surface area contributed by atoms with E-state index in [0.29, 0.717) is 10.2 Å². The zero-order valence-corrected chi connectivity index (χ0v) is 12.0. The van der Waals surface area contributed by atoms with Gasteiger partial charge in [0, 0.05) is 23.2 Å². The molecule has 0 aliphatic rings. The lowest BCUT2D eigenvalue weighted by Gasteiger charge is -2.12. The van der Waals surface area contributed by atoms with Gasteiger partial charge in [-0.25, -0.2) is 4.98 Å². The highest BCUT2D eigenvalue weighted by Crippen LogP contribution is 2.34. The maximum Gasteiger partial charge on any atom is 0.251 e. The van der Waals surface area contributed by atoms with Crippen molar-refractivity contribution < 1.29 is 0 Å². The summed E-state index contributed by atoms with van der Waals surface area (Å²) in [6.45, 7) is 1.94. The molecular formula is C13H14ClN3OS. The van der Waals surface area contributed by atoms with Gasteiger partial charge in [-0.2, -0.15) is 0 Å². The number of nitrogens with two attached hydrogens (primary N) is 1. The minimum atomic E-state index is -0.182. The van der Waals surface area contributed by atoms with Crippen molar-refractivity contribution >= 4 is 23.4 Å². The van der Waals surface area contributed by atoms with E-state index < -0.39 is 0 Å². The summed E-state index contributed by atoms with van der Waals surface area (Å²) in [4.78, 5) is 18.9. The molecule has 1 heterocycles. The van der Waals surface area contributed by atoms with Crippen molar-refractivity contribution in [2.45, 2.75) is 29.4 Å². The molecule has 2 aromatic rings. The SMILES string of the molecule is CC(N)Cc1cccc(Cl)c1Sc1nccc(=O)[nH]1. The molecule has 1 aromatic carbocycles. The molecule has 0 saturated heterocycles. The van der Waals surface area contributed by atoms with Crippen LogP contribution in [0.25, 0.3) is 0 Å². The van der Waals surface area contributed by atoms with Gasteiger partial charge in [0.05, 0.1) is 5.02 Å². The van der Waals surface area contributed by atoms with Crippen LogP contribution in [-0.2, 0) is 6.42 Å². The molecule has 1 atom stereocenters. The van der Waals surface area contributed by atoms with Crippen LogP contribution in [-0.4, -0.2) is 16.0 Å². The first kappa shape index (κ1) is 14.1. The second-order valence-electron chi connectivity index (χ2n) is 4.25. The summed E-state index contributed by atoms with van der Waals surface area (Å²) >= 11 is 7.56. The summed E-state index contributed by atoms with van der Waals surface area (Å²) in [6.07, 6.45) is 2.20. The van der Waals surface area contributed by atoms with Crippen molar-refractivity contribution in [3.05, 3.63) is 51.4 Å². The first-order chi connectivity index (χ1) is 9.06. The van der Waals surface area contributed by atoms with Crippen LogP contribution in [0.15, 0.2) is 45.3 Å². The molecular weight excluding hydrogens is 282 g/mol. The largest absolute Gasteiger partial charge is 0.328 e. The van der Waals surface area contributed by atoms with E-state index in [1.54, 1.807) is 0 Å². The highest BCUT2D eigenvalue weighted by Gasteiger charge is 2.11. The molecule has 19 heavy (non-hydrogen) atoms. The van der Waals surface area contributed by atoms with Crippen LogP contribution >= 0.6 is 23.4 Å². The van der Waals surface area contributed by atoms with E-state index in [2.05, 4.69) is 9.97 Å². The van der Waals surface area contributed by atoms with E-state index in [4.69, 9.17) is 17.3 Å². The topological polar surface area (TPSA) is 71.8 Å². The summed E-state index contributed by atoms with van der Waals surface area (Å²) < 4.78 is 0. The van der Waals surface area contributed by atoms with Gasteiger partial charge in [-0.05, 0) is 36.7 Å². The Morgan fingerprint density at radius 2 is 2.26 bits per heavy atom. The lowest BCUT2D eigenvalue weighted by atomic mass is 10.1. The van der Waals surface area contributed by atoms with Crippen molar-refractivity contribution in [1.29, 1.82) is 0 Å². The maximum absolute atomic E-state index is 11.3. The molecule has 0 aliphatic carbocycles. The van der Waals surface area contributed by atoms with Crippen LogP contribution in [0.3, 0.4) is 0 Å². The van der Waals surface area contributed by atoms with E-state index in [0.717, 1.165) is 16.9 Å². The first-order valence-electron chi connectivity index (χ1n) is 5.82. The Labute approximate surface area is 120 Å². The number of halogens is 1. The van der Waals surface area contributed by atoms with Gasteiger partial charge < -0.3 is 10.7 Å². The van der Waals surface area contributed by atoms with Gasteiger partial charge in [0.1, 0.15) is 0 Å². The number of aromatic amines is 1. The van der Waals surface area contributed by atoms with Crippen molar-refractivity contribution in [3.8, 4) is 0 Å². The molecule has 0 aliphatic heterocycles. The average Bonchev–Trinajstić information content (AvgIpc) is 2.33. The minimum Gasteiger partial charge on any atom is -0.328 e. The Kier molecular flexibility index (Phi) is 4.63. The third-order valence-electron chi connectivity index (χ3n) is 2.44. The number of nitrogens with zero attached hydrogens (tertiary/aromatic N) is 1. The molecule has 3 N–H and O–H groups in total. The number of H-pyrrole nitrogens is 1. The number of benzene rings is 1. The molecule has 0 radical (unpaired) electrons. The summed E-state index contributed by atoms with van der Waals surface area (Å²) in [5.74, 6) is 0. The third kappa shape index (κ3) is 3.83. The molecule has 0 amide bonds. The molecule has 2 rings (SSSR count). The van der Waals surface area contributed by atoms with Crippen LogP contribution in [0, 0.1) is 0 Å². The number of aromatic nitrogens is 2. The summed E-state index contributed by atoms with van der Waals surface area (Å²) in [7, 11) is 0. The predicted octanol–water partition coefficient (Wildman–Crippen LogP) is 2.46. The van der Waals surface area contributed by atoms with Crippen LogP contribution in [0.2, 0.25) is 5.02 Å². The standard InChI is InChI=1S/C13H14ClN3OS/c1-8(15)7-9-3-2-4-10(14)12(9)19-13-16-6-5-11(18)17-13/h2-6,8H,7,15H2,1H3,(H,16,17,18). The Morgan fingerprint density at radius 3 is 2.95 bits per heavy atom. The molecule has 4 nitrogen and oxygen atoms in total. The monoisotopic (exact) mass is 295 g/mol. The fraction of sp³-hybridized carbons (Fsp3) is 0.231. The molecule has 0 spiro atoms. The van der Waals surface area contributed by atoms with E-state index in [1.165, 1.54) is 24.0 Å². The zero-order valence-electron chi connectivity index (χ0n) is 10.4. The van der Waals surface area contributed by atoms with E-state index in [-0.39, 0.29) is 11.6 Å². The van der Waals surface area contributed by atoms with Crippen molar-refractivity contribution in [2.75, 3.05) is 0 Å². The Hall–Kier alpha value is -1.30. The lowest BCUT2D eigenvalue weighted by Crippen LogP contribution is -2.18. The fourth-order valence-electron chi connectivity index (χ4n) is 1.68. The van der Waals surface area contributed by atoms with Crippen LogP contribution < -0.4 is 11.3 Å². The molecule has 0 saturated carbocycles. The van der Waals surface area contributed by atoms with Crippen LogP contribution in [0.4, 0.5) is 0 Å². The number of hydrogen-bond donors (Lipinski definition) is 2. The van der Waals surface area contributed by atoms with Gasteiger partial charge in [0.2, 0.25) is 0 Å². The number of rotatable bonds is 4. The molecule has 1 aromatic heterocycles. The van der Waals surface area contributed by atoms with Gasteiger partial charge in [-0.3, -0.25) is 4.79 Å². The summed E-state index contributed by atoms with van der Waals surface area (Å²) in [5.41, 5.74) is 6.71. The van der Waals surface area contributed by atoms with Crippen molar-refractivity contribution in [2.24, 2.45) is 5.73 Å². The van der Waals surface area contributed by atoms with Gasteiger partial charge in [0.25, 0.3) is 5.56 Å². The molecule has 1 unspecified atom stereocenters. The van der Waals surface area contributed by atoms with Gasteiger partial charge in [-0.15, -0.1) is 0 Å². The van der Waals surface area contributed by atoms with Crippen molar-refractivity contribution in [1.82, 2.24) is 9.97 Å².